The minimum atomic E-state index is 0. The molecule has 0 aliphatic carbocycles. The molecular formula is C6H18O3Ti. The van der Waals surface area contributed by atoms with Crippen LogP contribution in [-0.2, 0) is 21.7 Å². The molecule has 0 rings (SSSR count). The molecule has 3 nitrogen and oxygen atoms in total. The molecule has 0 aromatic rings. The Morgan fingerprint density at radius 2 is 0.700 bits per heavy atom. The fraction of sp³-hybridized carbons (Fsp3) is 1.00. The van der Waals surface area contributed by atoms with Crippen molar-refractivity contribution in [2.24, 2.45) is 0 Å². The van der Waals surface area contributed by atoms with Gasteiger partial charge in [0.1, 0.15) is 0 Å². The molecule has 4 heteroatoms. The molecule has 0 amide bonds. The van der Waals surface area contributed by atoms with Gasteiger partial charge in [0.2, 0.25) is 0 Å². The normalized spacial score (nSPS) is 5.40. The maximum atomic E-state index is 7.57. The molecule has 0 saturated heterocycles. The molecule has 0 bridgehead atoms. The Hall–Kier alpha value is 0.594. The molecule has 0 aromatic carbocycles. The summed E-state index contributed by atoms with van der Waals surface area (Å²) < 4.78 is 0. The molecule has 3 N–H and O–H groups in total. The quantitative estimate of drug-likeness (QED) is 0.466. The zero-order valence-corrected chi connectivity index (χ0v) is 8.52. The first-order valence-electron chi connectivity index (χ1n) is 3.07. The van der Waals surface area contributed by atoms with Crippen LogP contribution in [0.2, 0.25) is 0 Å². The van der Waals surface area contributed by atoms with Gasteiger partial charge >= 0.3 is 0 Å². The zero-order valence-electron chi connectivity index (χ0n) is 6.96. The number of aliphatic hydroxyl groups is 3. The van der Waals surface area contributed by atoms with Gasteiger partial charge in [-0.3, -0.25) is 0 Å². The zero-order chi connectivity index (χ0) is 8.12. The summed E-state index contributed by atoms with van der Waals surface area (Å²) in [6.45, 7) is 5.79. The Balaban J connectivity index is -0.0000000257. The summed E-state index contributed by atoms with van der Waals surface area (Å²) >= 11 is 0. The van der Waals surface area contributed by atoms with Gasteiger partial charge in [-0.15, -0.1) is 0 Å². The van der Waals surface area contributed by atoms with Gasteiger partial charge in [0.05, 0.1) is 0 Å². The standard InChI is InChI=1S/3C2H6O.Ti/c3*1-2-3;/h3*3H,2H2,1H3;. The molecule has 0 aromatic heterocycles. The molecule has 0 spiro atoms. The first-order valence-corrected chi connectivity index (χ1v) is 3.07. The summed E-state index contributed by atoms with van der Waals surface area (Å²) in [6.07, 6.45) is 0. The summed E-state index contributed by atoms with van der Waals surface area (Å²) in [5.41, 5.74) is 0. The predicted molar refractivity (Wildman–Crippen MR) is 38.3 cm³/mol. The van der Waals surface area contributed by atoms with Gasteiger partial charge in [0, 0.05) is 41.5 Å². The van der Waals surface area contributed by atoms with Crippen molar-refractivity contribution in [3.05, 3.63) is 0 Å². The van der Waals surface area contributed by atoms with Crippen molar-refractivity contribution in [2.75, 3.05) is 19.8 Å². The summed E-state index contributed by atoms with van der Waals surface area (Å²) in [6, 6.07) is 0. The smallest absolute Gasteiger partial charge is 0.0402 e. The summed E-state index contributed by atoms with van der Waals surface area (Å²) in [7, 11) is 0. The SMILES string of the molecule is CCO.CCO.CCO.[Ti]. The second-order valence-electron chi connectivity index (χ2n) is 0.949. The van der Waals surface area contributed by atoms with Gasteiger partial charge in [-0.05, 0) is 20.8 Å². The molecule has 10 heavy (non-hydrogen) atoms. The number of hydrogen-bond acceptors (Lipinski definition) is 3. The molecule has 0 aliphatic rings. The van der Waals surface area contributed by atoms with Crippen LogP contribution in [-0.4, -0.2) is 35.1 Å². The van der Waals surface area contributed by atoms with E-state index >= 15 is 0 Å². The molecule has 0 aliphatic heterocycles. The van der Waals surface area contributed by atoms with Crippen molar-refractivity contribution >= 4 is 0 Å². The molecule has 0 saturated carbocycles. The molecule has 0 radical (unpaired) electrons. The maximum absolute atomic E-state index is 7.57. The van der Waals surface area contributed by atoms with Crippen LogP contribution in [0, 0.1) is 0 Å². The van der Waals surface area contributed by atoms with Crippen molar-refractivity contribution in [3.8, 4) is 0 Å². The Bertz CT molecular complexity index is 17.7. The Morgan fingerprint density at radius 3 is 0.700 bits per heavy atom. The van der Waals surface area contributed by atoms with Crippen molar-refractivity contribution in [3.63, 3.8) is 0 Å². The second-order valence-corrected chi connectivity index (χ2v) is 0.949. The first-order chi connectivity index (χ1) is 4.24. The van der Waals surface area contributed by atoms with Crippen molar-refractivity contribution < 1.29 is 37.0 Å². The van der Waals surface area contributed by atoms with E-state index in [1.807, 2.05) is 0 Å². The van der Waals surface area contributed by atoms with E-state index in [0.29, 0.717) is 0 Å². The van der Waals surface area contributed by atoms with E-state index in [9.17, 15) is 0 Å². The average molecular weight is 186 g/mol. The molecule has 64 valence electrons. The van der Waals surface area contributed by atoms with Gasteiger partial charge in [-0.2, -0.15) is 0 Å². The number of rotatable bonds is 0. The van der Waals surface area contributed by atoms with Crippen LogP contribution in [0.3, 0.4) is 0 Å². The monoisotopic (exact) mass is 186 g/mol. The van der Waals surface area contributed by atoms with Crippen molar-refractivity contribution in [1.82, 2.24) is 0 Å². The van der Waals surface area contributed by atoms with Gasteiger partial charge in [-0.25, -0.2) is 0 Å². The van der Waals surface area contributed by atoms with Gasteiger partial charge in [-0.1, -0.05) is 0 Å². The molecular weight excluding hydrogens is 168 g/mol. The summed E-state index contributed by atoms with van der Waals surface area (Å²) in [4.78, 5) is 0. The van der Waals surface area contributed by atoms with E-state index in [0.717, 1.165) is 0 Å². The van der Waals surface area contributed by atoms with Crippen molar-refractivity contribution in [1.29, 1.82) is 0 Å². The van der Waals surface area contributed by atoms with Crippen LogP contribution < -0.4 is 0 Å². The fourth-order valence-corrected chi connectivity index (χ4v) is 0. The van der Waals surface area contributed by atoms with E-state index in [1.165, 1.54) is 0 Å². The van der Waals surface area contributed by atoms with Crippen LogP contribution in [0.15, 0.2) is 0 Å². The predicted octanol–water partition coefficient (Wildman–Crippen LogP) is -0.00670. The Labute approximate surface area is 78.0 Å². The molecule has 0 heterocycles. The van der Waals surface area contributed by atoms with Crippen LogP contribution >= 0.6 is 0 Å². The molecule has 0 fully saturated rings. The van der Waals surface area contributed by atoms with Crippen LogP contribution in [0.5, 0.6) is 0 Å². The Kier molecular flexibility index (Phi) is 123. The van der Waals surface area contributed by atoms with Crippen LogP contribution in [0.4, 0.5) is 0 Å². The summed E-state index contributed by atoms with van der Waals surface area (Å²) in [5.74, 6) is 0. The van der Waals surface area contributed by atoms with Gasteiger partial charge < -0.3 is 15.3 Å². The maximum Gasteiger partial charge on any atom is 0.0402 e. The third-order valence-corrected chi connectivity index (χ3v) is 0. The summed E-state index contributed by atoms with van der Waals surface area (Å²) in [5, 5.41) is 22.7. The number of aliphatic hydroxyl groups excluding tert-OH is 3. The second kappa shape index (κ2) is 54.9. The largest absolute Gasteiger partial charge is 0.397 e. The van der Waals surface area contributed by atoms with E-state index < -0.39 is 0 Å². The fourth-order valence-electron chi connectivity index (χ4n) is 0. The topological polar surface area (TPSA) is 60.7 Å². The first kappa shape index (κ1) is 22.4. The van der Waals surface area contributed by atoms with Gasteiger partial charge in [0.15, 0.2) is 0 Å². The Morgan fingerprint density at radius 1 is 0.700 bits per heavy atom. The average Bonchev–Trinajstić information content (AvgIpc) is 1.70. The molecule has 0 atom stereocenters. The van der Waals surface area contributed by atoms with Crippen LogP contribution in [0.25, 0.3) is 0 Å². The van der Waals surface area contributed by atoms with Crippen LogP contribution in [0.1, 0.15) is 20.8 Å². The molecule has 0 unspecified atom stereocenters. The third-order valence-electron chi connectivity index (χ3n) is 0. The van der Waals surface area contributed by atoms with Crippen molar-refractivity contribution in [2.45, 2.75) is 20.8 Å². The van der Waals surface area contributed by atoms with E-state index in [1.54, 1.807) is 20.8 Å². The van der Waals surface area contributed by atoms with E-state index in [4.69, 9.17) is 15.3 Å². The van der Waals surface area contributed by atoms with Gasteiger partial charge in [0.25, 0.3) is 0 Å². The minimum Gasteiger partial charge on any atom is -0.397 e. The number of hydrogen-bond donors (Lipinski definition) is 3. The van der Waals surface area contributed by atoms with E-state index in [-0.39, 0.29) is 41.5 Å². The van der Waals surface area contributed by atoms with E-state index in [2.05, 4.69) is 0 Å². The minimum absolute atomic E-state index is 0. The third kappa shape index (κ3) is 1400.